The molecule has 0 spiro atoms. The zero-order valence-electron chi connectivity index (χ0n) is 12.5. The van der Waals surface area contributed by atoms with Crippen LogP contribution < -0.4 is 11.0 Å². The van der Waals surface area contributed by atoms with E-state index in [2.05, 4.69) is 15.3 Å². The van der Waals surface area contributed by atoms with Crippen LogP contribution in [-0.4, -0.2) is 15.9 Å². The fraction of sp³-hybridized carbons (Fsp3) is 0.118. The minimum atomic E-state index is -0.598. The van der Waals surface area contributed by atoms with Crippen LogP contribution in [0.25, 0.3) is 11.5 Å². The molecule has 3 rings (SSSR count). The molecule has 23 heavy (non-hydrogen) atoms. The van der Waals surface area contributed by atoms with Crippen LogP contribution in [0.15, 0.2) is 57.9 Å². The summed E-state index contributed by atoms with van der Waals surface area (Å²) in [4.78, 5) is 30.1. The first-order chi connectivity index (χ1) is 11.1. The summed E-state index contributed by atoms with van der Waals surface area (Å²) in [6.07, 6.45) is 1.49. The zero-order chi connectivity index (χ0) is 16.2. The van der Waals surface area contributed by atoms with Gasteiger partial charge in [0.15, 0.2) is 0 Å². The van der Waals surface area contributed by atoms with E-state index in [1.165, 1.54) is 12.3 Å². The number of H-pyrrole nitrogens is 1. The molecule has 0 aliphatic heterocycles. The van der Waals surface area contributed by atoms with E-state index in [0.717, 1.165) is 11.1 Å². The summed E-state index contributed by atoms with van der Waals surface area (Å²) >= 11 is 0. The number of rotatable bonds is 4. The normalized spacial score (nSPS) is 10.5. The second-order valence-electron chi connectivity index (χ2n) is 5.13. The average molecular weight is 309 g/mol. The van der Waals surface area contributed by atoms with Gasteiger partial charge in [-0.1, -0.05) is 29.8 Å². The molecule has 0 saturated heterocycles. The third-order valence-corrected chi connectivity index (χ3v) is 3.34. The summed E-state index contributed by atoms with van der Waals surface area (Å²) in [5.74, 6) is 0.0570. The Balaban J connectivity index is 1.77. The average Bonchev–Trinajstić information content (AvgIpc) is 3.08. The molecular weight excluding hydrogens is 294 g/mol. The molecule has 3 aromatic rings. The summed E-state index contributed by atoms with van der Waals surface area (Å²) in [5, 5.41) is 2.75. The largest absolute Gasteiger partial charge is 0.463 e. The van der Waals surface area contributed by atoms with Crippen molar-refractivity contribution in [3.05, 3.63) is 76.0 Å². The number of hydrogen-bond donors (Lipinski definition) is 2. The van der Waals surface area contributed by atoms with E-state index in [-0.39, 0.29) is 5.69 Å². The van der Waals surface area contributed by atoms with Gasteiger partial charge in [-0.15, -0.1) is 0 Å². The second kappa shape index (κ2) is 6.31. The fourth-order valence-electron chi connectivity index (χ4n) is 2.12. The first-order valence-electron chi connectivity index (χ1n) is 7.11. The van der Waals surface area contributed by atoms with Gasteiger partial charge >= 0.3 is 5.69 Å². The van der Waals surface area contributed by atoms with Gasteiger partial charge in [-0.25, -0.2) is 4.79 Å². The quantitative estimate of drug-likeness (QED) is 0.774. The van der Waals surface area contributed by atoms with Crippen LogP contribution in [0.1, 0.15) is 21.6 Å². The minimum absolute atomic E-state index is 0.0484. The number of aryl methyl sites for hydroxylation is 1. The third-order valence-electron chi connectivity index (χ3n) is 3.34. The Labute approximate surface area is 132 Å². The number of aromatic nitrogens is 2. The van der Waals surface area contributed by atoms with Crippen molar-refractivity contribution in [1.82, 2.24) is 15.3 Å². The number of hydrogen-bond acceptors (Lipinski definition) is 4. The highest BCUT2D eigenvalue weighted by Crippen LogP contribution is 2.16. The number of nitrogens with one attached hydrogen (secondary N) is 2. The Morgan fingerprint density at radius 1 is 1.26 bits per heavy atom. The SMILES string of the molecule is Cc1ccc(CNC(=O)c2cc(-c3ccco3)[nH]c(=O)n2)cc1. The van der Waals surface area contributed by atoms with Crippen LogP contribution in [-0.2, 0) is 6.54 Å². The second-order valence-corrected chi connectivity index (χ2v) is 5.13. The summed E-state index contributed by atoms with van der Waals surface area (Å²) in [6, 6.07) is 12.7. The standard InChI is InChI=1S/C17H15N3O3/c1-11-4-6-12(7-5-11)10-18-16(21)14-9-13(19-17(22)20-14)15-3-2-8-23-15/h2-9H,10H2,1H3,(H,18,21)(H,19,20,22). The van der Waals surface area contributed by atoms with Crippen molar-refractivity contribution in [2.24, 2.45) is 0 Å². The number of aromatic amines is 1. The van der Waals surface area contributed by atoms with Crippen molar-refractivity contribution >= 4 is 5.91 Å². The molecule has 0 aliphatic rings. The van der Waals surface area contributed by atoms with Gasteiger partial charge in [0.25, 0.3) is 5.91 Å². The van der Waals surface area contributed by atoms with Gasteiger partial charge in [0.05, 0.1) is 12.0 Å². The van der Waals surface area contributed by atoms with E-state index >= 15 is 0 Å². The highest BCUT2D eigenvalue weighted by atomic mass is 16.3. The lowest BCUT2D eigenvalue weighted by atomic mass is 10.1. The van der Waals surface area contributed by atoms with Crippen molar-refractivity contribution in [1.29, 1.82) is 0 Å². The van der Waals surface area contributed by atoms with Gasteiger partial charge in [0, 0.05) is 6.54 Å². The molecule has 0 bridgehead atoms. The monoisotopic (exact) mass is 309 g/mol. The maximum atomic E-state index is 12.2. The van der Waals surface area contributed by atoms with Crippen molar-refractivity contribution in [3.8, 4) is 11.5 Å². The molecular formula is C17H15N3O3. The molecule has 116 valence electrons. The predicted molar refractivity (Wildman–Crippen MR) is 84.9 cm³/mol. The Kier molecular flexibility index (Phi) is 4.05. The number of furan rings is 1. The van der Waals surface area contributed by atoms with E-state index in [1.54, 1.807) is 12.1 Å². The van der Waals surface area contributed by atoms with Crippen molar-refractivity contribution < 1.29 is 9.21 Å². The highest BCUT2D eigenvalue weighted by molar-refractivity contribution is 5.92. The molecule has 0 aliphatic carbocycles. The molecule has 2 heterocycles. The van der Waals surface area contributed by atoms with Crippen molar-refractivity contribution in [2.75, 3.05) is 0 Å². The summed E-state index contributed by atoms with van der Waals surface area (Å²) in [5.41, 5.74) is 1.99. The number of amides is 1. The third kappa shape index (κ3) is 3.55. The predicted octanol–water partition coefficient (Wildman–Crippen LogP) is 2.27. The topological polar surface area (TPSA) is 88.0 Å². The lowest BCUT2D eigenvalue weighted by molar-refractivity contribution is 0.0945. The Hall–Kier alpha value is -3.15. The summed E-state index contributed by atoms with van der Waals surface area (Å²) in [6.45, 7) is 2.36. The van der Waals surface area contributed by atoms with E-state index in [0.29, 0.717) is 18.0 Å². The highest BCUT2D eigenvalue weighted by Gasteiger charge is 2.12. The van der Waals surface area contributed by atoms with Gasteiger partial charge in [0.1, 0.15) is 11.5 Å². The number of nitrogens with zero attached hydrogens (tertiary/aromatic N) is 1. The van der Waals surface area contributed by atoms with E-state index in [4.69, 9.17) is 4.42 Å². The van der Waals surface area contributed by atoms with Crippen molar-refractivity contribution in [3.63, 3.8) is 0 Å². The van der Waals surface area contributed by atoms with Gasteiger partial charge in [-0.3, -0.25) is 4.79 Å². The first-order valence-corrected chi connectivity index (χ1v) is 7.11. The molecule has 0 atom stereocenters. The molecule has 2 N–H and O–H groups in total. The maximum Gasteiger partial charge on any atom is 0.346 e. The Morgan fingerprint density at radius 2 is 2.04 bits per heavy atom. The zero-order valence-corrected chi connectivity index (χ0v) is 12.5. The Bertz CT molecular complexity index is 865. The fourth-order valence-corrected chi connectivity index (χ4v) is 2.12. The smallest absolute Gasteiger partial charge is 0.346 e. The van der Waals surface area contributed by atoms with Gasteiger partial charge in [0.2, 0.25) is 0 Å². The molecule has 0 unspecified atom stereocenters. The van der Waals surface area contributed by atoms with Crippen LogP contribution >= 0.6 is 0 Å². The van der Waals surface area contributed by atoms with Crippen molar-refractivity contribution in [2.45, 2.75) is 13.5 Å². The van der Waals surface area contributed by atoms with Crippen LogP contribution in [0.3, 0.4) is 0 Å². The number of carbonyl (C=O) groups excluding carboxylic acids is 1. The number of carbonyl (C=O) groups is 1. The lowest BCUT2D eigenvalue weighted by Gasteiger charge is -2.06. The Morgan fingerprint density at radius 3 is 2.74 bits per heavy atom. The van der Waals surface area contributed by atoms with E-state index in [1.807, 2.05) is 31.2 Å². The van der Waals surface area contributed by atoms with Crippen LogP contribution in [0.5, 0.6) is 0 Å². The molecule has 6 heteroatoms. The molecule has 1 aromatic carbocycles. The van der Waals surface area contributed by atoms with Crippen LogP contribution in [0.2, 0.25) is 0 Å². The van der Waals surface area contributed by atoms with Gasteiger partial charge in [-0.05, 0) is 30.7 Å². The maximum absolute atomic E-state index is 12.2. The molecule has 1 amide bonds. The van der Waals surface area contributed by atoms with Gasteiger partial charge < -0.3 is 14.7 Å². The first kappa shape index (κ1) is 14.8. The van der Waals surface area contributed by atoms with E-state index in [9.17, 15) is 9.59 Å². The minimum Gasteiger partial charge on any atom is -0.463 e. The summed E-state index contributed by atoms with van der Waals surface area (Å²) < 4.78 is 5.22. The van der Waals surface area contributed by atoms with Crippen LogP contribution in [0.4, 0.5) is 0 Å². The molecule has 6 nitrogen and oxygen atoms in total. The molecule has 2 aromatic heterocycles. The number of benzene rings is 1. The summed E-state index contributed by atoms with van der Waals surface area (Å²) in [7, 11) is 0. The van der Waals surface area contributed by atoms with E-state index < -0.39 is 11.6 Å². The van der Waals surface area contributed by atoms with Gasteiger partial charge in [-0.2, -0.15) is 4.98 Å². The molecule has 0 fully saturated rings. The molecule has 0 saturated carbocycles. The van der Waals surface area contributed by atoms with Crippen LogP contribution in [0, 0.1) is 6.92 Å². The molecule has 0 radical (unpaired) electrons. The lowest BCUT2D eigenvalue weighted by Crippen LogP contribution is -2.27.